The van der Waals surface area contributed by atoms with Gasteiger partial charge in [0.2, 0.25) is 5.13 Å². The molecule has 0 spiro atoms. The highest BCUT2D eigenvalue weighted by Crippen LogP contribution is 2.33. The van der Waals surface area contributed by atoms with Gasteiger partial charge in [-0.05, 0) is 24.6 Å². The number of nitrogens with zero attached hydrogens (tertiary/aromatic N) is 2. The minimum Gasteiger partial charge on any atom is -0.496 e. The fraction of sp³-hybridized carbons (Fsp3) is 0.333. The summed E-state index contributed by atoms with van der Waals surface area (Å²) in [5, 5.41) is 12.6. The molecule has 0 aliphatic rings. The van der Waals surface area contributed by atoms with E-state index in [2.05, 4.69) is 22.4 Å². The minimum atomic E-state index is -0.316. The van der Waals surface area contributed by atoms with Gasteiger partial charge in [0.05, 0.1) is 12.7 Å². The summed E-state index contributed by atoms with van der Waals surface area (Å²) in [6.07, 6.45) is 1.01. The molecule has 2 rings (SSSR count). The SMILES string of the molecule is CCCNc1nnc(-c2cc(F)ccc2OC)s1. The maximum absolute atomic E-state index is 13.3. The molecule has 0 fully saturated rings. The lowest BCUT2D eigenvalue weighted by Gasteiger charge is -2.04. The lowest BCUT2D eigenvalue weighted by Crippen LogP contribution is -1.98. The largest absolute Gasteiger partial charge is 0.496 e. The Kier molecular flexibility index (Phi) is 4.09. The molecule has 1 heterocycles. The molecule has 0 saturated heterocycles. The van der Waals surface area contributed by atoms with Gasteiger partial charge < -0.3 is 10.1 Å². The number of nitrogens with one attached hydrogen (secondary N) is 1. The predicted octanol–water partition coefficient (Wildman–Crippen LogP) is 3.17. The molecule has 0 bridgehead atoms. The van der Waals surface area contributed by atoms with E-state index in [1.807, 2.05) is 0 Å². The molecule has 0 amide bonds. The number of aromatic nitrogens is 2. The summed E-state index contributed by atoms with van der Waals surface area (Å²) in [4.78, 5) is 0. The van der Waals surface area contributed by atoms with Crippen LogP contribution in [0.2, 0.25) is 0 Å². The molecular formula is C12H14FN3OS. The Morgan fingerprint density at radius 2 is 2.22 bits per heavy atom. The quantitative estimate of drug-likeness (QED) is 0.904. The molecule has 0 aliphatic heterocycles. The number of hydrogen-bond acceptors (Lipinski definition) is 5. The van der Waals surface area contributed by atoms with Crippen LogP contribution in [0.1, 0.15) is 13.3 Å². The first kappa shape index (κ1) is 12.8. The van der Waals surface area contributed by atoms with Gasteiger partial charge in [0.1, 0.15) is 11.6 Å². The van der Waals surface area contributed by atoms with E-state index in [-0.39, 0.29) is 5.82 Å². The Morgan fingerprint density at radius 3 is 2.94 bits per heavy atom. The highest BCUT2D eigenvalue weighted by atomic mass is 32.1. The summed E-state index contributed by atoms with van der Waals surface area (Å²) < 4.78 is 18.5. The van der Waals surface area contributed by atoms with E-state index in [0.29, 0.717) is 16.3 Å². The Labute approximate surface area is 109 Å². The average Bonchev–Trinajstić information content (AvgIpc) is 2.85. The lowest BCUT2D eigenvalue weighted by molar-refractivity contribution is 0.415. The zero-order valence-corrected chi connectivity index (χ0v) is 11.1. The molecule has 1 aromatic heterocycles. The van der Waals surface area contributed by atoms with Crippen molar-refractivity contribution in [2.24, 2.45) is 0 Å². The normalized spacial score (nSPS) is 10.4. The van der Waals surface area contributed by atoms with E-state index < -0.39 is 0 Å². The lowest BCUT2D eigenvalue weighted by atomic mass is 10.2. The number of methoxy groups -OCH3 is 1. The molecule has 6 heteroatoms. The van der Waals surface area contributed by atoms with Crippen LogP contribution < -0.4 is 10.1 Å². The van der Waals surface area contributed by atoms with Gasteiger partial charge in [-0.2, -0.15) is 0 Å². The zero-order chi connectivity index (χ0) is 13.0. The third kappa shape index (κ3) is 2.76. The third-order valence-corrected chi connectivity index (χ3v) is 3.26. The Balaban J connectivity index is 2.30. The molecule has 1 aromatic carbocycles. The van der Waals surface area contributed by atoms with E-state index in [1.165, 1.54) is 23.5 Å². The van der Waals surface area contributed by atoms with Crippen molar-refractivity contribution in [3.63, 3.8) is 0 Å². The third-order valence-electron chi connectivity index (χ3n) is 2.34. The number of benzene rings is 1. The van der Waals surface area contributed by atoms with Crippen LogP contribution >= 0.6 is 11.3 Å². The van der Waals surface area contributed by atoms with Gasteiger partial charge in [0, 0.05) is 6.54 Å². The van der Waals surface area contributed by atoms with Crippen molar-refractivity contribution in [3.05, 3.63) is 24.0 Å². The number of anilines is 1. The summed E-state index contributed by atoms with van der Waals surface area (Å²) in [5.41, 5.74) is 0.625. The van der Waals surface area contributed by atoms with Crippen molar-refractivity contribution >= 4 is 16.5 Å². The molecular weight excluding hydrogens is 253 g/mol. The van der Waals surface area contributed by atoms with Crippen LogP contribution in [0.5, 0.6) is 5.75 Å². The summed E-state index contributed by atoms with van der Waals surface area (Å²) in [7, 11) is 1.55. The molecule has 0 saturated carbocycles. The van der Waals surface area contributed by atoms with Crippen molar-refractivity contribution in [2.45, 2.75) is 13.3 Å². The molecule has 4 nitrogen and oxygen atoms in total. The number of ether oxygens (including phenoxy) is 1. The summed E-state index contributed by atoms with van der Waals surface area (Å²) in [6.45, 7) is 2.92. The van der Waals surface area contributed by atoms with Crippen LogP contribution in [0.4, 0.5) is 9.52 Å². The van der Waals surface area contributed by atoms with Crippen molar-refractivity contribution < 1.29 is 9.13 Å². The molecule has 2 aromatic rings. The van der Waals surface area contributed by atoms with Gasteiger partial charge in [-0.25, -0.2) is 4.39 Å². The highest BCUT2D eigenvalue weighted by molar-refractivity contribution is 7.18. The van der Waals surface area contributed by atoms with E-state index >= 15 is 0 Å². The van der Waals surface area contributed by atoms with Gasteiger partial charge >= 0.3 is 0 Å². The van der Waals surface area contributed by atoms with E-state index in [0.717, 1.165) is 18.1 Å². The summed E-state index contributed by atoms with van der Waals surface area (Å²) in [6, 6.07) is 4.35. The topological polar surface area (TPSA) is 47.0 Å². The zero-order valence-electron chi connectivity index (χ0n) is 10.2. The molecule has 0 atom stereocenters. The fourth-order valence-electron chi connectivity index (χ4n) is 1.48. The van der Waals surface area contributed by atoms with Crippen molar-refractivity contribution in [2.75, 3.05) is 19.0 Å². The van der Waals surface area contributed by atoms with Gasteiger partial charge in [-0.3, -0.25) is 0 Å². The van der Waals surface area contributed by atoms with Crippen LogP contribution in [0.3, 0.4) is 0 Å². The van der Waals surface area contributed by atoms with E-state index in [4.69, 9.17) is 4.74 Å². The average molecular weight is 267 g/mol. The first-order chi connectivity index (χ1) is 8.74. The van der Waals surface area contributed by atoms with Gasteiger partial charge in [-0.15, -0.1) is 10.2 Å². The van der Waals surface area contributed by atoms with Gasteiger partial charge in [0.15, 0.2) is 5.01 Å². The molecule has 0 radical (unpaired) electrons. The number of rotatable bonds is 5. The molecule has 18 heavy (non-hydrogen) atoms. The van der Waals surface area contributed by atoms with Crippen LogP contribution in [0, 0.1) is 5.82 Å². The van der Waals surface area contributed by atoms with Crippen molar-refractivity contribution in [3.8, 4) is 16.3 Å². The van der Waals surface area contributed by atoms with Gasteiger partial charge in [-0.1, -0.05) is 18.3 Å². The molecule has 96 valence electrons. The summed E-state index contributed by atoms with van der Waals surface area (Å²) in [5.74, 6) is 0.277. The monoisotopic (exact) mass is 267 g/mol. The Bertz CT molecular complexity index is 530. The first-order valence-electron chi connectivity index (χ1n) is 5.66. The number of halogens is 1. The number of hydrogen-bond donors (Lipinski definition) is 1. The van der Waals surface area contributed by atoms with Crippen molar-refractivity contribution in [1.82, 2.24) is 10.2 Å². The van der Waals surface area contributed by atoms with Crippen LogP contribution in [0.25, 0.3) is 10.6 Å². The second-order valence-corrected chi connectivity index (χ2v) is 4.66. The van der Waals surface area contributed by atoms with Crippen LogP contribution in [0.15, 0.2) is 18.2 Å². The predicted molar refractivity (Wildman–Crippen MR) is 70.6 cm³/mol. The van der Waals surface area contributed by atoms with Crippen LogP contribution in [-0.4, -0.2) is 23.9 Å². The standard InChI is InChI=1S/C12H14FN3OS/c1-3-6-14-12-16-15-11(18-12)9-7-8(13)4-5-10(9)17-2/h4-5,7H,3,6H2,1-2H3,(H,14,16). The second kappa shape index (κ2) is 5.77. The summed E-state index contributed by atoms with van der Waals surface area (Å²) >= 11 is 1.38. The smallest absolute Gasteiger partial charge is 0.206 e. The minimum absolute atomic E-state index is 0.316. The fourth-order valence-corrected chi connectivity index (χ4v) is 2.27. The maximum Gasteiger partial charge on any atom is 0.206 e. The van der Waals surface area contributed by atoms with E-state index in [1.54, 1.807) is 13.2 Å². The van der Waals surface area contributed by atoms with Crippen molar-refractivity contribution in [1.29, 1.82) is 0 Å². The van der Waals surface area contributed by atoms with Crippen LogP contribution in [-0.2, 0) is 0 Å². The maximum atomic E-state index is 13.3. The molecule has 1 N–H and O–H groups in total. The molecule has 0 aliphatic carbocycles. The Morgan fingerprint density at radius 1 is 1.39 bits per heavy atom. The first-order valence-corrected chi connectivity index (χ1v) is 6.47. The molecule has 0 unspecified atom stereocenters. The van der Waals surface area contributed by atoms with E-state index in [9.17, 15) is 4.39 Å². The highest BCUT2D eigenvalue weighted by Gasteiger charge is 2.12. The second-order valence-electron chi connectivity index (χ2n) is 3.68. The Hall–Kier alpha value is -1.69. The van der Waals surface area contributed by atoms with Gasteiger partial charge in [0.25, 0.3) is 0 Å².